The number of carbonyl (C=O) groups is 1. The van der Waals surface area contributed by atoms with Gasteiger partial charge in [0.2, 0.25) is 5.91 Å². The van der Waals surface area contributed by atoms with Crippen molar-refractivity contribution < 1.29 is 33.6 Å². The fourth-order valence-corrected chi connectivity index (χ4v) is 5.86. The van der Waals surface area contributed by atoms with Gasteiger partial charge in [0.1, 0.15) is 42.0 Å². The summed E-state index contributed by atoms with van der Waals surface area (Å²) in [6, 6.07) is 24.7. The van der Waals surface area contributed by atoms with Crippen LogP contribution in [0.15, 0.2) is 94.6 Å². The Balaban J connectivity index is 1.61. The van der Waals surface area contributed by atoms with Gasteiger partial charge in [0.05, 0.1) is 20.3 Å². The van der Waals surface area contributed by atoms with Gasteiger partial charge >= 0.3 is 5.69 Å². The molecule has 0 radical (unpaired) electrons. The molecule has 4 aromatic rings. The van der Waals surface area contributed by atoms with E-state index >= 15 is 0 Å². The van der Waals surface area contributed by atoms with Gasteiger partial charge in [0.15, 0.2) is 6.23 Å². The minimum Gasteiger partial charge on any atom is -0.497 e. The lowest BCUT2D eigenvalue weighted by Gasteiger charge is -2.40. The molecule has 47 heavy (non-hydrogen) atoms. The van der Waals surface area contributed by atoms with Crippen molar-refractivity contribution in [2.24, 2.45) is 0 Å². The third-order valence-corrected chi connectivity index (χ3v) is 8.36. The van der Waals surface area contributed by atoms with Crippen LogP contribution in [-0.2, 0) is 24.6 Å². The summed E-state index contributed by atoms with van der Waals surface area (Å²) in [5.41, 5.74) is 0.0531. The van der Waals surface area contributed by atoms with Crippen molar-refractivity contribution in [1.82, 2.24) is 14.9 Å². The van der Waals surface area contributed by atoms with E-state index in [0.717, 1.165) is 21.3 Å². The number of aromatic amines is 1. The number of nitrogens with zero attached hydrogens (tertiary/aromatic N) is 1. The van der Waals surface area contributed by atoms with Gasteiger partial charge in [-0.25, -0.2) is 4.79 Å². The Bertz CT molecular complexity index is 1720. The van der Waals surface area contributed by atoms with Gasteiger partial charge in [0, 0.05) is 18.8 Å². The van der Waals surface area contributed by atoms with Gasteiger partial charge in [-0.2, -0.15) is 0 Å². The van der Waals surface area contributed by atoms with Crippen molar-refractivity contribution in [3.05, 3.63) is 128 Å². The number of hydrogen-bond acceptors (Lipinski definition) is 9. The number of likely N-dealkylation sites (N-methyl/N-ethyl adjacent to an activating group) is 1. The van der Waals surface area contributed by atoms with Crippen LogP contribution in [0.3, 0.4) is 0 Å². The first-order chi connectivity index (χ1) is 22.6. The summed E-state index contributed by atoms with van der Waals surface area (Å²) in [5, 5.41) is 14.2. The second-order valence-electron chi connectivity index (χ2n) is 11.2. The van der Waals surface area contributed by atoms with Crippen molar-refractivity contribution in [3.8, 4) is 11.5 Å². The van der Waals surface area contributed by atoms with Gasteiger partial charge in [-0.3, -0.25) is 19.1 Å². The van der Waals surface area contributed by atoms with E-state index < -0.39 is 60.0 Å². The molecule has 0 unspecified atom stereocenters. The van der Waals surface area contributed by atoms with E-state index in [1.54, 1.807) is 28.1 Å². The van der Waals surface area contributed by atoms with Crippen LogP contribution in [0.2, 0.25) is 0 Å². The Morgan fingerprint density at radius 1 is 0.957 bits per heavy atom. The monoisotopic (exact) mass is 645 g/mol. The number of hydrogen-bond donors (Lipinski definition) is 3. The van der Waals surface area contributed by atoms with Crippen LogP contribution in [0.4, 0.5) is 0 Å². The molecule has 1 fully saturated rings. The summed E-state index contributed by atoms with van der Waals surface area (Å²) in [6.07, 6.45) is -4.26. The zero-order valence-electron chi connectivity index (χ0n) is 26.8. The second-order valence-corrected chi connectivity index (χ2v) is 11.2. The van der Waals surface area contributed by atoms with E-state index in [-0.39, 0.29) is 5.56 Å². The van der Waals surface area contributed by atoms with E-state index in [9.17, 15) is 19.5 Å². The number of aryl methyl sites for hydroxylation is 1. The zero-order chi connectivity index (χ0) is 33.7. The quantitative estimate of drug-likeness (QED) is 0.198. The molecule has 5 atom stereocenters. The molecule has 3 N–H and O–H groups in total. The van der Waals surface area contributed by atoms with Gasteiger partial charge < -0.3 is 34.1 Å². The highest BCUT2D eigenvalue weighted by molar-refractivity contribution is 5.76. The van der Waals surface area contributed by atoms with E-state index in [2.05, 4.69) is 10.3 Å². The SMILES string of the molecule is CNC(=O)CO[C@@H]1[C@H](O)[C@@H]([C@@H](C)OC(c2ccccc2)(c2ccc(OC)cc2)c2ccc(OC)cc2)O[C@H]1n1cc(C)c(=O)[nH]c1=O. The zero-order valence-corrected chi connectivity index (χ0v) is 26.8. The number of rotatable bonds is 12. The number of nitrogens with one attached hydrogen (secondary N) is 2. The summed E-state index contributed by atoms with van der Waals surface area (Å²) < 4.78 is 31.4. The molecule has 5 rings (SSSR count). The highest BCUT2D eigenvalue weighted by atomic mass is 16.6. The summed E-state index contributed by atoms with van der Waals surface area (Å²) in [4.78, 5) is 39.5. The molecular formula is C35H39N3O9. The number of ether oxygens (including phenoxy) is 5. The number of benzene rings is 3. The highest BCUT2D eigenvalue weighted by Gasteiger charge is 2.51. The predicted octanol–water partition coefficient (Wildman–Crippen LogP) is 2.65. The van der Waals surface area contributed by atoms with Gasteiger partial charge in [-0.1, -0.05) is 54.6 Å². The maximum atomic E-state index is 12.9. The molecule has 1 aliphatic rings. The number of aliphatic hydroxyl groups is 1. The minimum absolute atomic E-state index is 0.252. The molecule has 12 nitrogen and oxygen atoms in total. The Kier molecular flexibility index (Phi) is 10.3. The normalized spacial score (nSPS) is 20.0. The van der Waals surface area contributed by atoms with Crippen LogP contribution in [-0.4, -0.2) is 72.9 Å². The van der Waals surface area contributed by atoms with Crippen LogP contribution in [0, 0.1) is 6.92 Å². The van der Waals surface area contributed by atoms with Crippen molar-refractivity contribution >= 4 is 5.91 Å². The van der Waals surface area contributed by atoms with Crippen molar-refractivity contribution in [1.29, 1.82) is 0 Å². The van der Waals surface area contributed by atoms with E-state index in [1.807, 2.05) is 78.9 Å². The second kappa shape index (κ2) is 14.3. The van der Waals surface area contributed by atoms with Gasteiger partial charge in [-0.05, 0) is 54.8 Å². The molecule has 1 aromatic heterocycles. The lowest BCUT2D eigenvalue weighted by Crippen LogP contribution is -2.45. The Hall–Kier alpha value is -4.75. The van der Waals surface area contributed by atoms with E-state index in [0.29, 0.717) is 11.5 Å². The predicted molar refractivity (Wildman–Crippen MR) is 173 cm³/mol. The minimum atomic E-state index is -1.35. The molecule has 12 heteroatoms. The Morgan fingerprint density at radius 3 is 2.04 bits per heavy atom. The molecule has 248 valence electrons. The molecule has 0 saturated carbocycles. The first-order valence-corrected chi connectivity index (χ1v) is 15.1. The van der Waals surface area contributed by atoms with Gasteiger partial charge in [-0.15, -0.1) is 0 Å². The van der Waals surface area contributed by atoms with Crippen LogP contribution >= 0.6 is 0 Å². The molecule has 0 spiro atoms. The van der Waals surface area contributed by atoms with Crippen LogP contribution in [0.25, 0.3) is 0 Å². The summed E-state index contributed by atoms with van der Waals surface area (Å²) in [7, 11) is 4.64. The lowest BCUT2D eigenvalue weighted by molar-refractivity contribution is -0.138. The maximum absolute atomic E-state index is 12.9. The third-order valence-electron chi connectivity index (χ3n) is 8.36. The fraction of sp³-hybridized carbons (Fsp3) is 0.343. The largest absolute Gasteiger partial charge is 0.497 e. The lowest BCUT2D eigenvalue weighted by atomic mass is 9.79. The van der Waals surface area contributed by atoms with Crippen LogP contribution in [0.5, 0.6) is 11.5 Å². The molecular weight excluding hydrogens is 606 g/mol. The third kappa shape index (κ3) is 6.72. The van der Waals surface area contributed by atoms with Crippen molar-refractivity contribution in [3.63, 3.8) is 0 Å². The standard InChI is InChI=1S/C35H39N3O9/c1-21-19-38(34(42)37-32(21)41)33-31(45-20-28(39)36-3)29(40)30(46-33)22(2)47-35(23-9-7-6-8-10-23,24-11-15-26(43-4)16-12-24)25-13-17-27(44-5)18-14-25/h6-19,22,29-31,33,40H,20H2,1-5H3,(H,36,39)(H,37,41,42)/t22-,29-,30-,31-,33-/m1/s1. The number of methoxy groups -OCH3 is 2. The molecule has 1 saturated heterocycles. The Labute approximate surface area is 271 Å². The number of H-pyrrole nitrogens is 1. The first-order valence-electron chi connectivity index (χ1n) is 15.1. The fourth-order valence-electron chi connectivity index (χ4n) is 5.86. The van der Waals surface area contributed by atoms with Crippen molar-refractivity contribution in [2.75, 3.05) is 27.9 Å². The molecule has 0 bridgehead atoms. The first kappa shape index (κ1) is 33.6. The Morgan fingerprint density at radius 2 is 1.51 bits per heavy atom. The highest BCUT2D eigenvalue weighted by Crippen LogP contribution is 2.44. The number of amides is 1. The number of aliphatic hydroxyl groups excluding tert-OH is 1. The van der Waals surface area contributed by atoms with Crippen LogP contribution < -0.4 is 26.0 Å². The molecule has 3 aromatic carbocycles. The summed E-state index contributed by atoms with van der Waals surface area (Å²) in [6.45, 7) is 2.90. The average Bonchev–Trinajstić information content (AvgIpc) is 3.43. The topological polar surface area (TPSA) is 150 Å². The number of aromatic nitrogens is 2. The van der Waals surface area contributed by atoms with E-state index in [4.69, 9.17) is 23.7 Å². The smallest absolute Gasteiger partial charge is 0.330 e. The average molecular weight is 646 g/mol. The summed E-state index contributed by atoms with van der Waals surface area (Å²) >= 11 is 0. The van der Waals surface area contributed by atoms with Gasteiger partial charge in [0.25, 0.3) is 5.56 Å². The molecule has 1 aliphatic heterocycles. The van der Waals surface area contributed by atoms with Crippen molar-refractivity contribution in [2.45, 2.75) is 50.1 Å². The number of carbonyl (C=O) groups excluding carboxylic acids is 1. The summed E-state index contributed by atoms with van der Waals surface area (Å²) in [5.74, 6) is 0.887. The van der Waals surface area contributed by atoms with E-state index in [1.165, 1.54) is 13.2 Å². The van der Waals surface area contributed by atoms with Crippen LogP contribution in [0.1, 0.15) is 35.4 Å². The molecule has 1 amide bonds. The molecule has 0 aliphatic carbocycles. The molecule has 2 heterocycles. The maximum Gasteiger partial charge on any atom is 0.330 e.